The minimum atomic E-state index is -5.08. The van der Waals surface area contributed by atoms with E-state index in [9.17, 15) is 32.7 Å². The molecule has 3 aromatic carbocycles. The fourth-order valence-electron chi connectivity index (χ4n) is 4.01. The van der Waals surface area contributed by atoms with Crippen LogP contribution >= 0.6 is 0 Å². The van der Waals surface area contributed by atoms with E-state index in [1.807, 2.05) is 25.1 Å². The molecule has 0 saturated carbocycles. The van der Waals surface area contributed by atoms with Gasteiger partial charge in [0.1, 0.15) is 11.3 Å². The lowest BCUT2D eigenvalue weighted by Gasteiger charge is -2.19. The third-order valence-corrected chi connectivity index (χ3v) is 6.00. The van der Waals surface area contributed by atoms with Crippen LogP contribution in [0.3, 0.4) is 0 Å². The summed E-state index contributed by atoms with van der Waals surface area (Å²) >= 11 is 0. The molecule has 0 aliphatic carbocycles. The number of carbonyl (C=O) groups is 4. The van der Waals surface area contributed by atoms with Crippen molar-refractivity contribution < 1.29 is 47.3 Å². The number of nitrogens with zero attached hydrogens (tertiary/aromatic N) is 4. The zero-order valence-corrected chi connectivity index (χ0v) is 24.7. The van der Waals surface area contributed by atoms with E-state index in [2.05, 4.69) is 10.6 Å². The van der Waals surface area contributed by atoms with Gasteiger partial charge in [0.15, 0.2) is 0 Å². The summed E-state index contributed by atoms with van der Waals surface area (Å²) in [7, 11) is 7.27. The molecular weight excluding hydrogens is 601 g/mol. The number of likely N-dealkylation sites (N-methyl/N-ethyl adjacent to an activating group) is 2. The average Bonchev–Trinajstić information content (AvgIpc) is 2.94. The summed E-state index contributed by atoms with van der Waals surface area (Å²) in [6.07, 6.45) is -6.66. The normalized spacial score (nSPS) is 12.1. The molecule has 0 aliphatic heterocycles. The molecule has 0 radical (unpaired) electrons. The Labute approximate surface area is 254 Å². The predicted octanol–water partition coefficient (Wildman–Crippen LogP) is 2.33. The largest absolute Gasteiger partial charge is 0.490 e. The summed E-state index contributed by atoms with van der Waals surface area (Å²) in [6.45, 7) is 1.20. The smallest absolute Gasteiger partial charge is 0.477 e. The minimum absolute atomic E-state index is 0.0149. The Kier molecular flexibility index (Phi) is 11.2. The van der Waals surface area contributed by atoms with Gasteiger partial charge >= 0.3 is 18.1 Å². The number of fused-ring (bicyclic) bond motifs is 4. The molecule has 4 N–H and O–H groups in total. The molecule has 4 rings (SSSR count). The number of rotatable bonds is 10. The first-order valence-electron chi connectivity index (χ1n) is 13.3. The zero-order valence-electron chi connectivity index (χ0n) is 24.7. The molecule has 0 saturated heterocycles. The number of carboxylic acids is 2. The SMILES string of the molecule is CN(C)CCNC(=O)c1cccc2nc3ccc4c(OC(NC(=O)CN(C)C)C(=O)O)cccc4c3nc12.O=C(O)C(F)(F)F. The number of hydrogen-bond donors (Lipinski definition) is 4. The molecule has 2 amide bonds. The summed E-state index contributed by atoms with van der Waals surface area (Å²) in [6, 6.07) is 14.0. The van der Waals surface area contributed by atoms with Crippen LogP contribution < -0.4 is 15.4 Å². The van der Waals surface area contributed by atoms with Crippen molar-refractivity contribution in [2.75, 3.05) is 47.8 Å². The number of nitrogens with one attached hydrogen (secondary N) is 2. The molecule has 4 aromatic rings. The van der Waals surface area contributed by atoms with Gasteiger partial charge in [-0.2, -0.15) is 13.2 Å². The molecule has 0 bridgehead atoms. The minimum Gasteiger partial charge on any atom is -0.477 e. The summed E-state index contributed by atoms with van der Waals surface area (Å²) < 4.78 is 37.5. The third kappa shape index (κ3) is 9.20. The number of amides is 2. The Morgan fingerprint density at radius 2 is 1.51 bits per heavy atom. The highest BCUT2D eigenvalue weighted by molar-refractivity contribution is 6.11. The summed E-state index contributed by atoms with van der Waals surface area (Å²) in [5.41, 5.74) is 2.60. The number of alkyl halides is 3. The molecule has 1 aromatic heterocycles. The van der Waals surface area contributed by atoms with E-state index in [1.165, 1.54) is 0 Å². The fraction of sp³-hybridized carbons (Fsp3) is 0.310. The van der Waals surface area contributed by atoms with Crippen molar-refractivity contribution in [3.63, 3.8) is 0 Å². The number of hydrogen-bond acceptors (Lipinski definition) is 9. The van der Waals surface area contributed by atoms with Crippen molar-refractivity contribution in [2.24, 2.45) is 0 Å². The van der Waals surface area contributed by atoms with Gasteiger partial charge in [0.2, 0.25) is 5.91 Å². The molecule has 16 heteroatoms. The lowest BCUT2D eigenvalue weighted by molar-refractivity contribution is -0.192. The second-order valence-corrected chi connectivity index (χ2v) is 10.2. The van der Waals surface area contributed by atoms with Gasteiger partial charge in [0.05, 0.1) is 28.7 Å². The van der Waals surface area contributed by atoms with Crippen molar-refractivity contribution in [2.45, 2.75) is 12.4 Å². The third-order valence-electron chi connectivity index (χ3n) is 6.00. The van der Waals surface area contributed by atoms with Gasteiger partial charge in [0.25, 0.3) is 12.1 Å². The Morgan fingerprint density at radius 3 is 2.11 bits per heavy atom. The first-order valence-corrected chi connectivity index (χ1v) is 13.3. The maximum Gasteiger partial charge on any atom is 0.490 e. The Bertz CT molecular complexity index is 1730. The van der Waals surface area contributed by atoms with Crippen LogP contribution in [0.2, 0.25) is 0 Å². The van der Waals surface area contributed by atoms with Gasteiger partial charge in [-0.05, 0) is 58.5 Å². The van der Waals surface area contributed by atoms with Crippen LogP contribution in [-0.2, 0) is 14.4 Å². The van der Waals surface area contributed by atoms with Gasteiger partial charge in [-0.1, -0.05) is 18.2 Å². The summed E-state index contributed by atoms with van der Waals surface area (Å²) in [5, 5.41) is 23.3. The van der Waals surface area contributed by atoms with Gasteiger partial charge in [-0.25, -0.2) is 19.6 Å². The highest BCUT2D eigenvalue weighted by atomic mass is 19.4. The van der Waals surface area contributed by atoms with E-state index in [-0.39, 0.29) is 18.2 Å². The molecule has 1 heterocycles. The Balaban J connectivity index is 0.000000707. The topological polar surface area (TPSA) is 174 Å². The van der Waals surface area contributed by atoms with E-state index >= 15 is 0 Å². The number of aliphatic carboxylic acids is 2. The zero-order chi connectivity index (χ0) is 33.5. The first kappa shape index (κ1) is 34.4. The van der Waals surface area contributed by atoms with Gasteiger partial charge in [-0.3, -0.25) is 9.59 Å². The molecule has 45 heavy (non-hydrogen) atoms. The number of carboxylic acid groups (broad SMARTS) is 2. The van der Waals surface area contributed by atoms with Crippen LogP contribution in [-0.4, -0.2) is 114 Å². The average molecular weight is 633 g/mol. The second-order valence-electron chi connectivity index (χ2n) is 10.2. The van der Waals surface area contributed by atoms with Gasteiger partial charge < -0.3 is 35.4 Å². The van der Waals surface area contributed by atoms with Crippen molar-refractivity contribution in [3.8, 4) is 5.75 Å². The van der Waals surface area contributed by atoms with E-state index < -0.39 is 30.2 Å². The van der Waals surface area contributed by atoms with E-state index in [0.717, 1.165) is 0 Å². The molecule has 1 atom stereocenters. The fourth-order valence-corrected chi connectivity index (χ4v) is 4.01. The van der Waals surface area contributed by atoms with E-state index in [1.54, 1.807) is 61.5 Å². The number of halogens is 3. The molecule has 240 valence electrons. The highest BCUT2D eigenvalue weighted by Crippen LogP contribution is 2.32. The highest BCUT2D eigenvalue weighted by Gasteiger charge is 2.38. The van der Waals surface area contributed by atoms with Crippen molar-refractivity contribution in [1.82, 2.24) is 30.4 Å². The molecule has 1 unspecified atom stereocenters. The van der Waals surface area contributed by atoms with E-state index in [0.29, 0.717) is 51.5 Å². The molecule has 0 spiro atoms. The molecule has 0 aliphatic rings. The van der Waals surface area contributed by atoms with Crippen molar-refractivity contribution in [1.29, 1.82) is 0 Å². The van der Waals surface area contributed by atoms with Crippen LogP contribution in [0.15, 0.2) is 48.5 Å². The van der Waals surface area contributed by atoms with Crippen LogP contribution in [0.4, 0.5) is 13.2 Å². The van der Waals surface area contributed by atoms with Crippen LogP contribution in [0.5, 0.6) is 5.75 Å². The Morgan fingerprint density at radius 1 is 0.867 bits per heavy atom. The van der Waals surface area contributed by atoms with E-state index in [4.69, 9.17) is 24.6 Å². The lowest BCUT2D eigenvalue weighted by atomic mass is 10.1. The maximum absolute atomic E-state index is 12.9. The Hall–Kier alpha value is -5.09. The second kappa shape index (κ2) is 14.6. The van der Waals surface area contributed by atoms with Crippen LogP contribution in [0.25, 0.3) is 32.8 Å². The summed E-state index contributed by atoms with van der Waals surface area (Å²) in [4.78, 5) is 58.9. The maximum atomic E-state index is 12.9. The number of ether oxygens (including phenoxy) is 1. The molecule has 13 nitrogen and oxygen atoms in total. The molecule has 0 fully saturated rings. The van der Waals surface area contributed by atoms with Gasteiger partial charge in [0, 0.05) is 23.9 Å². The predicted molar refractivity (Wildman–Crippen MR) is 158 cm³/mol. The number of benzene rings is 3. The summed E-state index contributed by atoms with van der Waals surface area (Å²) in [5.74, 6) is -4.55. The standard InChI is InChI=1S/C27H30N6O5.C2HF3O2/c1-32(2)14-13-28-25(35)18-8-5-9-19-24(18)31-23-17-7-6-10-21(16(17)11-12-20(23)29-19)38-26(27(36)37)30-22(34)15-33(3)4;3-2(4,5)1(6)7/h5-12,26H,13-15H2,1-4H3,(H,28,35)(H,30,34)(H,36,37);(H,6,7). The number of carbonyl (C=O) groups excluding carboxylic acids is 2. The number of aromatic nitrogens is 2. The van der Waals surface area contributed by atoms with Crippen LogP contribution in [0, 0.1) is 0 Å². The van der Waals surface area contributed by atoms with Gasteiger partial charge in [-0.15, -0.1) is 0 Å². The lowest BCUT2D eigenvalue weighted by Crippen LogP contribution is -2.47. The van der Waals surface area contributed by atoms with Crippen LogP contribution in [0.1, 0.15) is 10.4 Å². The molecular formula is C29H31F3N6O7. The van der Waals surface area contributed by atoms with Crippen molar-refractivity contribution in [3.05, 3.63) is 54.1 Å². The number of para-hydroxylation sites is 1. The van der Waals surface area contributed by atoms with Crippen molar-refractivity contribution >= 4 is 56.6 Å². The first-order chi connectivity index (χ1) is 21.1. The monoisotopic (exact) mass is 632 g/mol. The quantitative estimate of drug-likeness (QED) is 0.115.